The lowest BCUT2D eigenvalue weighted by atomic mass is 9.86. The molecule has 7 heteroatoms. The highest BCUT2D eigenvalue weighted by molar-refractivity contribution is 6.76. The first-order valence-corrected chi connectivity index (χ1v) is 17.8. The van der Waals surface area contributed by atoms with Crippen LogP contribution in [0.25, 0.3) is 0 Å². The van der Waals surface area contributed by atoms with Gasteiger partial charge in [0.1, 0.15) is 12.4 Å². The summed E-state index contributed by atoms with van der Waals surface area (Å²) in [7, 11) is 2.08. The zero-order valence-corrected chi connectivity index (χ0v) is 26.0. The molecule has 0 spiro atoms. The molecular formula is C27H49N4OSi2+. The summed E-state index contributed by atoms with van der Waals surface area (Å²) in [5, 5.41) is 0.316. The highest BCUT2D eigenvalue weighted by Gasteiger charge is 2.28. The van der Waals surface area contributed by atoms with E-state index in [0.29, 0.717) is 17.1 Å². The van der Waals surface area contributed by atoms with Crippen LogP contribution in [0.4, 0.5) is 11.4 Å². The molecule has 0 saturated carbocycles. The van der Waals surface area contributed by atoms with Crippen LogP contribution < -0.4 is 15.2 Å². The second-order valence-corrected chi connectivity index (χ2v) is 20.9. The number of nitrogens with zero attached hydrogens (tertiary/aromatic N) is 3. The van der Waals surface area contributed by atoms with Gasteiger partial charge in [-0.25, -0.2) is 9.13 Å². The number of nitrogen functional groups attached to an aromatic ring is 1. The van der Waals surface area contributed by atoms with Crippen LogP contribution in [0.3, 0.4) is 0 Å². The van der Waals surface area contributed by atoms with E-state index in [1.165, 1.54) is 22.9 Å². The zero-order chi connectivity index (χ0) is 25.1. The Morgan fingerprint density at radius 3 is 2.65 bits per heavy atom. The van der Waals surface area contributed by atoms with E-state index in [0.717, 1.165) is 61.4 Å². The molecule has 1 fully saturated rings. The first kappa shape index (κ1) is 27.0. The Morgan fingerprint density at radius 2 is 2.03 bits per heavy atom. The van der Waals surface area contributed by atoms with Crippen LogP contribution in [-0.4, -0.2) is 48.7 Å². The standard InChI is InChI=1S/C27H49N4OSi2/c1-21(27(2,3)33)25-18-23(17-22(26(25)28)10-16-34(5,6)7)31-12-9-24(19-31)32-15-8-11-30-14-13-29(4)20-30/h13-14,17-18,20-21,24H,8-12,15-16,19,28H2,1-7,33H3/q+1. The molecule has 2 heterocycles. The van der Waals surface area contributed by atoms with Crippen molar-refractivity contribution in [3.63, 3.8) is 0 Å². The zero-order valence-electron chi connectivity index (χ0n) is 23.0. The van der Waals surface area contributed by atoms with Crippen LogP contribution >= 0.6 is 0 Å². The van der Waals surface area contributed by atoms with Crippen LogP contribution in [0, 0.1) is 0 Å². The van der Waals surface area contributed by atoms with Crippen LogP contribution in [0.15, 0.2) is 30.9 Å². The summed E-state index contributed by atoms with van der Waals surface area (Å²) in [6.45, 7) is 18.4. The van der Waals surface area contributed by atoms with Crippen molar-refractivity contribution in [2.45, 2.75) is 89.3 Å². The topological polar surface area (TPSA) is 47.3 Å². The SMILES string of the molecule is CC(c1cc(N2CCC(OCCCn3cc[n+](C)c3)C2)cc(CC[Si](C)(C)C)c1N)C(C)(C)[SiH3]. The Labute approximate surface area is 212 Å². The molecule has 34 heavy (non-hydrogen) atoms. The van der Waals surface area contributed by atoms with Crippen molar-refractivity contribution in [3.05, 3.63) is 42.0 Å². The van der Waals surface area contributed by atoms with Gasteiger partial charge in [0.05, 0.1) is 26.3 Å². The van der Waals surface area contributed by atoms with Crippen molar-refractivity contribution in [2.75, 3.05) is 30.3 Å². The van der Waals surface area contributed by atoms with E-state index in [4.69, 9.17) is 10.5 Å². The van der Waals surface area contributed by atoms with Gasteiger partial charge in [-0.1, -0.05) is 46.5 Å². The highest BCUT2D eigenvalue weighted by atomic mass is 28.3. The number of aromatic nitrogens is 2. The van der Waals surface area contributed by atoms with E-state index < -0.39 is 8.07 Å². The van der Waals surface area contributed by atoms with Gasteiger partial charge in [0, 0.05) is 49.2 Å². The van der Waals surface area contributed by atoms with E-state index in [1.807, 2.05) is 0 Å². The van der Waals surface area contributed by atoms with E-state index in [-0.39, 0.29) is 0 Å². The third kappa shape index (κ3) is 7.46. The van der Waals surface area contributed by atoms with Gasteiger partial charge in [-0.15, -0.1) is 0 Å². The third-order valence-electron chi connectivity index (χ3n) is 7.44. The maximum atomic E-state index is 6.82. The number of hydrogen-bond donors (Lipinski definition) is 1. The van der Waals surface area contributed by atoms with Gasteiger partial charge in [0.15, 0.2) is 0 Å². The fraction of sp³-hybridized carbons (Fsp3) is 0.667. The molecule has 1 aliphatic heterocycles. The number of nitrogens with two attached hydrogens (primary N) is 1. The van der Waals surface area contributed by atoms with E-state index in [1.54, 1.807) is 0 Å². The average Bonchev–Trinajstić information content (AvgIpc) is 3.37. The maximum absolute atomic E-state index is 6.82. The fourth-order valence-electron chi connectivity index (χ4n) is 4.67. The number of hydrogen-bond acceptors (Lipinski definition) is 3. The lowest BCUT2D eigenvalue weighted by Crippen LogP contribution is -2.25. The first-order chi connectivity index (χ1) is 15.8. The molecular weight excluding hydrogens is 452 g/mol. The molecule has 2 unspecified atom stereocenters. The minimum atomic E-state index is -1.13. The molecule has 0 radical (unpaired) electrons. The van der Waals surface area contributed by atoms with E-state index >= 15 is 0 Å². The molecule has 2 aromatic rings. The van der Waals surface area contributed by atoms with Gasteiger partial charge < -0.3 is 15.4 Å². The largest absolute Gasteiger partial charge is 0.398 e. The van der Waals surface area contributed by atoms with Crippen LogP contribution in [0.5, 0.6) is 0 Å². The Balaban J connectivity index is 1.68. The second-order valence-electron chi connectivity index (χ2n) is 12.7. The summed E-state index contributed by atoms with van der Waals surface area (Å²) in [5.41, 5.74) is 11.9. The molecule has 5 nitrogen and oxygen atoms in total. The molecule has 1 aromatic heterocycles. The van der Waals surface area contributed by atoms with E-state index in [9.17, 15) is 0 Å². The van der Waals surface area contributed by atoms with Gasteiger partial charge in [-0.2, -0.15) is 0 Å². The van der Waals surface area contributed by atoms with Gasteiger partial charge in [0.25, 0.3) is 0 Å². The summed E-state index contributed by atoms with van der Waals surface area (Å²) < 4.78 is 10.6. The lowest BCUT2D eigenvalue weighted by Gasteiger charge is -2.31. The van der Waals surface area contributed by atoms with Crippen molar-refractivity contribution in [1.82, 2.24) is 4.57 Å². The Morgan fingerprint density at radius 1 is 1.29 bits per heavy atom. The van der Waals surface area contributed by atoms with Crippen molar-refractivity contribution >= 4 is 29.7 Å². The Bertz CT molecular complexity index is 945. The summed E-state index contributed by atoms with van der Waals surface area (Å²) in [6, 6.07) is 6.07. The molecule has 1 saturated heterocycles. The molecule has 1 aromatic carbocycles. The Hall–Kier alpha value is -1.58. The lowest BCUT2D eigenvalue weighted by molar-refractivity contribution is -0.671. The summed E-state index contributed by atoms with van der Waals surface area (Å²) in [6.07, 6.45) is 9.89. The molecule has 3 rings (SSSR count). The van der Waals surface area contributed by atoms with Gasteiger partial charge in [0.2, 0.25) is 6.33 Å². The molecule has 0 aliphatic carbocycles. The number of ether oxygens (including phenoxy) is 1. The Kier molecular flexibility index (Phi) is 8.74. The number of benzene rings is 1. The van der Waals surface area contributed by atoms with Gasteiger partial charge in [-0.3, -0.25) is 0 Å². The normalized spacial score (nSPS) is 18.1. The van der Waals surface area contributed by atoms with Crippen LogP contribution in [0.1, 0.15) is 50.7 Å². The predicted molar refractivity (Wildman–Crippen MR) is 152 cm³/mol. The summed E-state index contributed by atoms with van der Waals surface area (Å²) in [5.74, 6) is 0.467. The first-order valence-electron chi connectivity index (χ1n) is 13.1. The minimum Gasteiger partial charge on any atom is -0.398 e. The highest BCUT2D eigenvalue weighted by Crippen LogP contribution is 2.43. The molecule has 2 atom stereocenters. The number of imidazole rings is 1. The van der Waals surface area contributed by atoms with Crippen molar-refractivity contribution in [1.29, 1.82) is 0 Å². The van der Waals surface area contributed by atoms with Crippen molar-refractivity contribution < 1.29 is 9.30 Å². The summed E-state index contributed by atoms with van der Waals surface area (Å²) in [4.78, 5) is 2.53. The predicted octanol–water partition coefficient (Wildman–Crippen LogP) is 4.13. The average molecular weight is 502 g/mol. The quantitative estimate of drug-likeness (QED) is 0.218. The molecule has 2 N–H and O–H groups in total. The fourth-order valence-corrected chi connectivity index (χ4v) is 6.00. The monoisotopic (exact) mass is 501 g/mol. The number of rotatable bonds is 11. The molecule has 190 valence electrons. The van der Waals surface area contributed by atoms with Gasteiger partial charge >= 0.3 is 0 Å². The molecule has 1 aliphatic rings. The van der Waals surface area contributed by atoms with Crippen molar-refractivity contribution in [3.8, 4) is 0 Å². The second kappa shape index (κ2) is 11.0. The van der Waals surface area contributed by atoms with Crippen LogP contribution in [0.2, 0.25) is 30.7 Å². The van der Waals surface area contributed by atoms with Gasteiger partial charge in [-0.05, 0) is 47.1 Å². The third-order valence-corrected chi connectivity index (χ3v) is 10.1. The smallest absolute Gasteiger partial charge is 0.243 e. The summed E-state index contributed by atoms with van der Waals surface area (Å²) >= 11 is 0. The number of anilines is 2. The molecule has 0 bridgehead atoms. The van der Waals surface area contributed by atoms with Crippen molar-refractivity contribution in [2.24, 2.45) is 7.05 Å². The number of aryl methyl sites for hydroxylation is 3. The minimum absolute atomic E-state index is 0.316. The van der Waals surface area contributed by atoms with E-state index in [2.05, 4.69) is 92.3 Å². The maximum Gasteiger partial charge on any atom is 0.243 e. The molecule has 0 amide bonds. The van der Waals surface area contributed by atoms with Crippen LogP contribution in [-0.2, 0) is 24.8 Å².